The maximum Gasteiger partial charge on any atom is 0.339 e. The van der Waals surface area contributed by atoms with Crippen LogP contribution >= 0.6 is 9.90 Å². The van der Waals surface area contributed by atoms with Crippen molar-refractivity contribution in [3.8, 4) is 17.2 Å². The monoisotopic (exact) mass is 517 g/mol. The maximum atomic E-state index is 10.3. The third kappa shape index (κ3) is 11.3. The number of rotatable bonds is 3. The minimum Gasteiger partial charge on any atom is -0.507 e. The number of hydrogen-bond acceptors (Lipinski definition) is 8. The number of para-hydroxylation sites is 3. The number of nitrogens with zero attached hydrogens (tertiary/aromatic N) is 1. The van der Waals surface area contributed by atoms with Crippen LogP contribution in [0.15, 0.2) is 96.1 Å². The van der Waals surface area contributed by atoms with Crippen LogP contribution in [0.3, 0.4) is 0 Å². The second-order valence-corrected chi connectivity index (χ2v) is 6.14. The normalized spacial score (nSPS) is 8.78. The number of aromatic carboxylic acids is 3. The molecule has 1 heterocycles. The van der Waals surface area contributed by atoms with Gasteiger partial charge in [0.25, 0.3) is 0 Å². The molecule has 12 heteroatoms. The summed E-state index contributed by atoms with van der Waals surface area (Å²) in [5.41, 5.74) is -0.201. The summed E-state index contributed by atoms with van der Waals surface area (Å²) in [6.45, 7) is 0. The molecule has 1 atom stereocenters. The van der Waals surface area contributed by atoms with Gasteiger partial charge >= 0.3 is 17.9 Å². The summed E-state index contributed by atoms with van der Waals surface area (Å²) in [5, 5.41) is 51.9. The van der Waals surface area contributed by atoms with Gasteiger partial charge in [-0.1, -0.05) is 36.4 Å². The SMILES string of the molecule is O=C(O)c1ccccc1O.O=C(O)c1ccccc1O.O=C(O)c1ccccc1O.P.c1cocn1. The first-order valence-corrected chi connectivity index (χ1v) is 9.51. The third-order valence-electron chi connectivity index (χ3n) is 3.75. The van der Waals surface area contributed by atoms with Crippen LogP contribution in [0.4, 0.5) is 0 Å². The Balaban J connectivity index is 0.000000460. The lowest BCUT2D eigenvalue weighted by Gasteiger charge is -1.95. The molecule has 0 amide bonds. The first-order valence-electron chi connectivity index (χ1n) is 9.51. The maximum absolute atomic E-state index is 10.3. The van der Waals surface area contributed by atoms with Crippen molar-refractivity contribution in [3.63, 3.8) is 0 Å². The fourth-order valence-corrected chi connectivity index (χ4v) is 2.14. The molecule has 0 aliphatic heterocycles. The van der Waals surface area contributed by atoms with E-state index in [2.05, 4.69) is 9.40 Å². The van der Waals surface area contributed by atoms with E-state index in [4.69, 9.17) is 30.6 Å². The summed E-state index contributed by atoms with van der Waals surface area (Å²) in [6, 6.07) is 17.4. The van der Waals surface area contributed by atoms with E-state index in [-0.39, 0.29) is 43.8 Å². The second-order valence-electron chi connectivity index (χ2n) is 6.14. The number of carboxylic acids is 3. The lowest BCUT2D eigenvalue weighted by molar-refractivity contribution is 0.0682. The summed E-state index contributed by atoms with van der Waals surface area (Å²) in [7, 11) is 0. The van der Waals surface area contributed by atoms with Crippen LogP contribution in [0.1, 0.15) is 31.1 Å². The van der Waals surface area contributed by atoms with Crippen LogP contribution in [0.5, 0.6) is 17.2 Å². The summed E-state index contributed by atoms with van der Waals surface area (Å²) < 4.78 is 4.47. The molecule has 0 spiro atoms. The van der Waals surface area contributed by atoms with Crippen LogP contribution in [-0.2, 0) is 0 Å². The molecule has 190 valence electrons. The highest BCUT2D eigenvalue weighted by Gasteiger charge is 2.07. The zero-order valence-corrected chi connectivity index (χ0v) is 20.0. The molecule has 4 rings (SSSR count). The van der Waals surface area contributed by atoms with Crippen LogP contribution in [-0.4, -0.2) is 53.5 Å². The lowest BCUT2D eigenvalue weighted by Crippen LogP contribution is -1.95. The zero-order valence-electron chi connectivity index (χ0n) is 18.6. The van der Waals surface area contributed by atoms with Crippen LogP contribution < -0.4 is 0 Å². The average Bonchev–Trinajstić information content (AvgIpc) is 3.41. The van der Waals surface area contributed by atoms with Crippen LogP contribution in [0.25, 0.3) is 0 Å². The van der Waals surface area contributed by atoms with Gasteiger partial charge in [-0.05, 0) is 36.4 Å². The molecule has 0 bridgehead atoms. The fraction of sp³-hybridized carbons (Fsp3) is 0. The molecule has 4 aromatic rings. The van der Waals surface area contributed by atoms with Gasteiger partial charge in [-0.2, -0.15) is 9.90 Å². The number of oxazole rings is 1. The number of aromatic hydroxyl groups is 3. The molecular weight excluding hydrogens is 493 g/mol. The molecule has 0 fully saturated rings. The predicted octanol–water partition coefficient (Wildman–Crippen LogP) is 4.00. The van der Waals surface area contributed by atoms with Gasteiger partial charge in [-0.3, -0.25) is 0 Å². The Kier molecular flexibility index (Phi) is 14.4. The largest absolute Gasteiger partial charge is 0.507 e. The standard InChI is InChI=1S/3C7H6O3.C3H3NO.H3P/c3*8-6-4-2-1-3-5(6)7(9)10;1-2-5-3-4-1;/h3*1-4,8H,(H,9,10);1-3H;1H3. The quantitative estimate of drug-likeness (QED) is 0.215. The third-order valence-corrected chi connectivity index (χ3v) is 3.75. The Morgan fingerprint density at radius 1 is 0.583 bits per heavy atom. The van der Waals surface area contributed by atoms with Gasteiger partial charge < -0.3 is 35.1 Å². The van der Waals surface area contributed by atoms with Gasteiger partial charge in [0.05, 0.1) is 6.20 Å². The minimum atomic E-state index is -1.11. The molecule has 1 aromatic heterocycles. The number of carbonyl (C=O) groups is 3. The van der Waals surface area contributed by atoms with Gasteiger partial charge in [-0.25, -0.2) is 19.4 Å². The number of aromatic nitrogens is 1. The van der Waals surface area contributed by atoms with Crippen molar-refractivity contribution < 1.29 is 49.4 Å². The highest BCUT2D eigenvalue weighted by molar-refractivity contribution is 6.92. The Labute approximate surface area is 208 Å². The molecule has 0 saturated carbocycles. The molecule has 11 nitrogen and oxygen atoms in total. The summed E-state index contributed by atoms with van der Waals surface area (Å²) in [6.07, 6.45) is 4.47. The molecule has 3 aromatic carbocycles. The first-order chi connectivity index (χ1) is 16.6. The van der Waals surface area contributed by atoms with E-state index < -0.39 is 17.9 Å². The Morgan fingerprint density at radius 2 is 0.889 bits per heavy atom. The predicted molar refractivity (Wildman–Crippen MR) is 133 cm³/mol. The smallest absolute Gasteiger partial charge is 0.339 e. The van der Waals surface area contributed by atoms with Gasteiger partial charge in [0.1, 0.15) is 40.2 Å². The number of phenols is 3. The van der Waals surface area contributed by atoms with Gasteiger partial charge in [-0.15, -0.1) is 0 Å². The molecule has 1 unspecified atom stereocenters. The van der Waals surface area contributed by atoms with E-state index in [1.807, 2.05) is 0 Å². The molecule has 0 aliphatic rings. The van der Waals surface area contributed by atoms with Crippen molar-refractivity contribution in [3.05, 3.63) is 108 Å². The average molecular weight is 517 g/mol. The number of carboxylic acid groups (broad SMARTS) is 3. The first kappa shape index (κ1) is 31.1. The molecule has 0 saturated heterocycles. The van der Waals surface area contributed by atoms with Crippen LogP contribution in [0.2, 0.25) is 0 Å². The van der Waals surface area contributed by atoms with Crippen molar-refractivity contribution in [1.82, 2.24) is 4.98 Å². The molecular formula is C24H24NO10P. The zero-order chi connectivity index (χ0) is 26.2. The van der Waals surface area contributed by atoms with E-state index in [1.165, 1.54) is 49.1 Å². The fourth-order valence-electron chi connectivity index (χ4n) is 2.14. The minimum absolute atomic E-state index is 0. The second kappa shape index (κ2) is 16.7. The summed E-state index contributed by atoms with van der Waals surface area (Å²) in [4.78, 5) is 34.3. The van der Waals surface area contributed by atoms with Gasteiger partial charge in [0.2, 0.25) is 0 Å². The molecule has 0 radical (unpaired) electrons. The molecule has 36 heavy (non-hydrogen) atoms. The van der Waals surface area contributed by atoms with Gasteiger partial charge in [0.15, 0.2) is 6.39 Å². The molecule has 0 aliphatic carbocycles. The van der Waals surface area contributed by atoms with Crippen molar-refractivity contribution in [1.29, 1.82) is 0 Å². The van der Waals surface area contributed by atoms with Crippen molar-refractivity contribution in [2.45, 2.75) is 0 Å². The van der Waals surface area contributed by atoms with Crippen molar-refractivity contribution >= 4 is 27.8 Å². The number of benzene rings is 3. The van der Waals surface area contributed by atoms with Gasteiger partial charge in [0, 0.05) is 0 Å². The summed E-state index contributed by atoms with van der Waals surface area (Å²) >= 11 is 0. The highest BCUT2D eigenvalue weighted by Crippen LogP contribution is 2.15. The molecule has 6 N–H and O–H groups in total. The Hall–Kier alpha value is -4.89. The topological polar surface area (TPSA) is 199 Å². The van der Waals surface area contributed by atoms with E-state index in [1.54, 1.807) is 42.6 Å². The van der Waals surface area contributed by atoms with E-state index in [0.29, 0.717) is 0 Å². The Bertz CT molecular complexity index is 1080. The van der Waals surface area contributed by atoms with E-state index in [9.17, 15) is 14.4 Å². The number of hydrogen-bond donors (Lipinski definition) is 6. The lowest BCUT2D eigenvalue weighted by atomic mass is 10.2. The van der Waals surface area contributed by atoms with Crippen molar-refractivity contribution in [2.75, 3.05) is 0 Å². The van der Waals surface area contributed by atoms with E-state index >= 15 is 0 Å². The highest BCUT2D eigenvalue weighted by atomic mass is 31.0. The Morgan fingerprint density at radius 3 is 1.03 bits per heavy atom. The summed E-state index contributed by atoms with van der Waals surface area (Å²) in [5.74, 6) is -3.94. The van der Waals surface area contributed by atoms with E-state index in [0.717, 1.165) is 0 Å². The van der Waals surface area contributed by atoms with Crippen LogP contribution in [0, 0.1) is 0 Å². The van der Waals surface area contributed by atoms with Crippen molar-refractivity contribution in [2.24, 2.45) is 0 Å².